The molecule has 2 aromatic carbocycles. The van der Waals surface area contributed by atoms with Gasteiger partial charge in [-0.1, -0.05) is 24.3 Å². The first-order valence-electron chi connectivity index (χ1n) is 8.32. The smallest absolute Gasteiger partial charge is 0.161 e. The Morgan fingerprint density at radius 1 is 1.08 bits per heavy atom. The Morgan fingerprint density at radius 3 is 2.76 bits per heavy atom. The fourth-order valence-electron chi connectivity index (χ4n) is 3.34. The van der Waals surface area contributed by atoms with E-state index in [2.05, 4.69) is 40.7 Å². The van der Waals surface area contributed by atoms with Gasteiger partial charge in [-0.05, 0) is 35.2 Å². The first-order valence-corrected chi connectivity index (χ1v) is 8.32. The fraction of sp³-hybridized carbons (Fsp3) is 0.190. The maximum Gasteiger partial charge on any atom is 0.161 e. The van der Waals surface area contributed by atoms with Crippen LogP contribution in [-0.2, 0) is 6.42 Å². The molecular formula is C21H20N2O2. The molecule has 0 fully saturated rings. The maximum absolute atomic E-state index is 5.47. The van der Waals surface area contributed by atoms with E-state index in [4.69, 9.17) is 9.47 Å². The molecule has 4 rings (SSSR count). The second kappa shape index (κ2) is 6.48. The summed E-state index contributed by atoms with van der Waals surface area (Å²) in [5, 5.41) is 5.60. The van der Waals surface area contributed by atoms with Gasteiger partial charge < -0.3 is 14.8 Å². The van der Waals surface area contributed by atoms with Crippen LogP contribution in [0.3, 0.4) is 0 Å². The van der Waals surface area contributed by atoms with Gasteiger partial charge in [0.25, 0.3) is 0 Å². The first-order chi connectivity index (χ1) is 12.3. The fourth-order valence-corrected chi connectivity index (χ4v) is 3.34. The predicted octanol–water partition coefficient (Wildman–Crippen LogP) is 4.28. The molecular weight excluding hydrogens is 312 g/mol. The molecule has 1 aliphatic rings. The van der Waals surface area contributed by atoms with Crippen LogP contribution in [0.15, 0.2) is 48.7 Å². The van der Waals surface area contributed by atoms with Crippen LogP contribution in [0.4, 0.5) is 5.69 Å². The number of aromatic nitrogens is 1. The van der Waals surface area contributed by atoms with Crippen molar-refractivity contribution < 1.29 is 9.47 Å². The Hall–Kier alpha value is -3.01. The van der Waals surface area contributed by atoms with Crippen molar-refractivity contribution in [2.24, 2.45) is 0 Å². The van der Waals surface area contributed by atoms with Gasteiger partial charge in [0, 0.05) is 35.8 Å². The van der Waals surface area contributed by atoms with Gasteiger partial charge in [0.05, 0.1) is 19.9 Å². The van der Waals surface area contributed by atoms with Gasteiger partial charge in [-0.3, -0.25) is 4.98 Å². The van der Waals surface area contributed by atoms with E-state index >= 15 is 0 Å². The highest BCUT2D eigenvalue weighted by atomic mass is 16.5. The Morgan fingerprint density at radius 2 is 1.92 bits per heavy atom. The Kier molecular flexibility index (Phi) is 4.02. The number of nitrogens with one attached hydrogen (secondary N) is 1. The molecule has 2 heterocycles. The lowest BCUT2D eigenvalue weighted by molar-refractivity contribution is 0.356. The zero-order chi connectivity index (χ0) is 17.2. The van der Waals surface area contributed by atoms with Crippen molar-refractivity contribution in [2.45, 2.75) is 6.42 Å². The number of pyridine rings is 1. The Bertz CT molecular complexity index is 964. The zero-order valence-electron chi connectivity index (χ0n) is 14.4. The molecule has 0 spiro atoms. The first kappa shape index (κ1) is 15.5. The van der Waals surface area contributed by atoms with E-state index in [1.807, 2.05) is 24.4 Å². The number of hydrogen-bond acceptors (Lipinski definition) is 4. The normalized spacial score (nSPS) is 12.6. The predicted molar refractivity (Wildman–Crippen MR) is 102 cm³/mol. The summed E-state index contributed by atoms with van der Waals surface area (Å²) in [6.45, 7) is 0.875. The van der Waals surface area contributed by atoms with E-state index in [0.29, 0.717) is 0 Å². The quantitative estimate of drug-likeness (QED) is 0.774. The van der Waals surface area contributed by atoms with Gasteiger partial charge in [-0.2, -0.15) is 0 Å². The summed E-state index contributed by atoms with van der Waals surface area (Å²) in [4.78, 5) is 4.64. The summed E-state index contributed by atoms with van der Waals surface area (Å²) in [6.07, 6.45) is 6.96. The number of methoxy groups -OCH3 is 2. The van der Waals surface area contributed by atoms with Crippen LogP contribution < -0.4 is 14.8 Å². The molecule has 0 saturated carbocycles. The van der Waals surface area contributed by atoms with Crippen LogP contribution in [0.1, 0.15) is 16.8 Å². The average molecular weight is 332 g/mol. The van der Waals surface area contributed by atoms with Crippen molar-refractivity contribution in [1.82, 2.24) is 4.98 Å². The molecule has 1 aromatic heterocycles. The standard InChI is InChI=1S/C21H20N2O2/c1-24-20-12-15-8-10-23-19(17(15)13-21(20)25-2)11-14-5-3-7-18-16(14)6-4-9-22-18/h3-8,10,12-13,22H,9,11H2,1-2H3. The monoisotopic (exact) mass is 332 g/mol. The van der Waals surface area contributed by atoms with E-state index in [9.17, 15) is 0 Å². The molecule has 0 saturated heterocycles. The van der Waals surface area contributed by atoms with E-state index < -0.39 is 0 Å². The summed E-state index contributed by atoms with van der Waals surface area (Å²) in [5.74, 6) is 1.46. The van der Waals surface area contributed by atoms with Gasteiger partial charge in [0.1, 0.15) is 0 Å². The lowest BCUT2D eigenvalue weighted by Crippen LogP contribution is -2.07. The van der Waals surface area contributed by atoms with E-state index in [-0.39, 0.29) is 0 Å². The third-order valence-corrected chi connectivity index (χ3v) is 4.60. The number of benzene rings is 2. The molecule has 4 nitrogen and oxygen atoms in total. The lowest BCUT2D eigenvalue weighted by atomic mass is 9.96. The van der Waals surface area contributed by atoms with Crippen molar-refractivity contribution in [3.63, 3.8) is 0 Å². The van der Waals surface area contributed by atoms with E-state index in [1.165, 1.54) is 16.8 Å². The van der Waals surface area contributed by atoms with Crippen LogP contribution in [0.2, 0.25) is 0 Å². The molecule has 0 bridgehead atoms. The second-order valence-electron chi connectivity index (χ2n) is 6.02. The highest BCUT2D eigenvalue weighted by Crippen LogP contribution is 2.34. The summed E-state index contributed by atoms with van der Waals surface area (Å²) in [6, 6.07) is 12.4. The molecule has 1 N–H and O–H groups in total. The highest BCUT2D eigenvalue weighted by molar-refractivity contribution is 5.88. The summed E-state index contributed by atoms with van der Waals surface area (Å²) >= 11 is 0. The molecule has 0 unspecified atom stereocenters. The number of nitrogens with zero attached hydrogens (tertiary/aromatic N) is 1. The zero-order valence-corrected chi connectivity index (χ0v) is 14.4. The molecule has 0 atom stereocenters. The summed E-state index contributed by atoms with van der Waals surface area (Å²) < 4.78 is 10.9. The van der Waals surface area contributed by atoms with Crippen LogP contribution in [0.5, 0.6) is 11.5 Å². The molecule has 4 heteroatoms. The van der Waals surface area contributed by atoms with Crippen LogP contribution in [-0.4, -0.2) is 25.7 Å². The molecule has 0 aliphatic carbocycles. The van der Waals surface area contributed by atoms with Crippen molar-refractivity contribution in [1.29, 1.82) is 0 Å². The van der Waals surface area contributed by atoms with Crippen molar-refractivity contribution in [3.05, 3.63) is 65.5 Å². The highest BCUT2D eigenvalue weighted by Gasteiger charge is 2.13. The molecule has 25 heavy (non-hydrogen) atoms. The maximum atomic E-state index is 5.47. The molecule has 126 valence electrons. The van der Waals surface area contributed by atoms with E-state index in [1.54, 1.807) is 14.2 Å². The van der Waals surface area contributed by atoms with Crippen LogP contribution in [0.25, 0.3) is 16.8 Å². The van der Waals surface area contributed by atoms with Gasteiger partial charge in [0.2, 0.25) is 0 Å². The average Bonchev–Trinajstić information content (AvgIpc) is 2.67. The van der Waals surface area contributed by atoms with Gasteiger partial charge >= 0.3 is 0 Å². The molecule has 3 aromatic rings. The largest absolute Gasteiger partial charge is 0.493 e. The molecule has 0 amide bonds. The van der Waals surface area contributed by atoms with Gasteiger partial charge in [0.15, 0.2) is 11.5 Å². The second-order valence-corrected chi connectivity index (χ2v) is 6.02. The minimum atomic E-state index is 0.723. The van der Waals surface area contributed by atoms with Gasteiger partial charge in [-0.15, -0.1) is 0 Å². The van der Waals surface area contributed by atoms with Crippen molar-refractivity contribution in [2.75, 3.05) is 26.1 Å². The summed E-state index contributed by atoms with van der Waals surface area (Å²) in [7, 11) is 3.31. The number of hydrogen-bond donors (Lipinski definition) is 1. The number of anilines is 1. The van der Waals surface area contributed by atoms with Gasteiger partial charge in [-0.25, -0.2) is 0 Å². The van der Waals surface area contributed by atoms with Crippen LogP contribution in [0, 0.1) is 0 Å². The Labute approximate surface area is 147 Å². The Balaban J connectivity index is 1.82. The third-order valence-electron chi connectivity index (χ3n) is 4.60. The SMILES string of the molecule is COc1cc2ccnc(Cc3cccc4c3C=CCN4)c2cc1OC. The van der Waals surface area contributed by atoms with Crippen LogP contribution >= 0.6 is 0 Å². The lowest BCUT2D eigenvalue weighted by Gasteiger charge is -2.17. The minimum Gasteiger partial charge on any atom is -0.493 e. The molecule has 0 radical (unpaired) electrons. The minimum absolute atomic E-state index is 0.723. The van der Waals surface area contributed by atoms with Crippen molar-refractivity contribution in [3.8, 4) is 11.5 Å². The molecule has 1 aliphatic heterocycles. The number of fused-ring (bicyclic) bond motifs is 2. The summed E-state index contributed by atoms with van der Waals surface area (Å²) in [5.41, 5.74) is 4.72. The topological polar surface area (TPSA) is 43.4 Å². The van der Waals surface area contributed by atoms with E-state index in [0.717, 1.165) is 40.9 Å². The number of rotatable bonds is 4. The third kappa shape index (κ3) is 2.80. The van der Waals surface area contributed by atoms with Crippen molar-refractivity contribution >= 4 is 22.5 Å². The number of ether oxygens (including phenoxy) is 2.